The van der Waals surface area contributed by atoms with Crippen LogP contribution < -0.4 is 4.90 Å². The molecule has 0 saturated carbocycles. The summed E-state index contributed by atoms with van der Waals surface area (Å²) in [7, 11) is 0. The van der Waals surface area contributed by atoms with Gasteiger partial charge in [0.15, 0.2) is 5.13 Å². The number of aromatic nitrogens is 3. The number of carbonyl (C=O) groups excluding carboxylic acids is 1. The van der Waals surface area contributed by atoms with Crippen LogP contribution in [-0.4, -0.2) is 39.0 Å². The highest BCUT2D eigenvalue weighted by molar-refractivity contribution is 7.22. The number of hydrogen-bond donors (Lipinski definition) is 1. The lowest BCUT2D eigenvalue weighted by atomic mass is 10.1. The van der Waals surface area contributed by atoms with Crippen molar-refractivity contribution in [3.8, 4) is 0 Å². The van der Waals surface area contributed by atoms with Crippen molar-refractivity contribution < 1.29 is 9.18 Å². The van der Waals surface area contributed by atoms with Gasteiger partial charge < -0.3 is 9.88 Å². The van der Waals surface area contributed by atoms with Crippen molar-refractivity contribution in [3.05, 3.63) is 42.2 Å². The molecule has 0 radical (unpaired) electrons. The molecule has 130 valence electrons. The summed E-state index contributed by atoms with van der Waals surface area (Å²) in [6.07, 6.45) is 6.49. The molecule has 1 aromatic carbocycles. The Kier molecular flexibility index (Phi) is 4.35. The van der Waals surface area contributed by atoms with Crippen LogP contribution in [0.1, 0.15) is 25.0 Å². The van der Waals surface area contributed by atoms with Crippen molar-refractivity contribution >= 4 is 32.7 Å². The first-order valence-corrected chi connectivity index (χ1v) is 9.12. The molecule has 0 aliphatic carbocycles. The number of imidazole rings is 1. The van der Waals surface area contributed by atoms with Crippen LogP contribution in [0.4, 0.5) is 14.3 Å². The van der Waals surface area contributed by atoms with E-state index in [0.717, 1.165) is 42.7 Å². The van der Waals surface area contributed by atoms with Crippen LogP contribution in [-0.2, 0) is 6.54 Å². The minimum atomic E-state index is -0.301. The highest BCUT2D eigenvalue weighted by Gasteiger charge is 2.26. The predicted molar refractivity (Wildman–Crippen MR) is 95.2 cm³/mol. The van der Waals surface area contributed by atoms with E-state index in [0.29, 0.717) is 17.2 Å². The molecular weight excluding hydrogens is 341 g/mol. The van der Waals surface area contributed by atoms with E-state index in [-0.39, 0.29) is 11.8 Å². The fourth-order valence-corrected chi connectivity index (χ4v) is 4.00. The topological polar surface area (TPSA) is 65.1 Å². The van der Waals surface area contributed by atoms with Gasteiger partial charge in [0.2, 0.25) is 0 Å². The van der Waals surface area contributed by atoms with Gasteiger partial charge in [0, 0.05) is 19.3 Å². The van der Waals surface area contributed by atoms with Gasteiger partial charge in [-0.2, -0.15) is 0 Å². The molecule has 1 aliphatic rings. The van der Waals surface area contributed by atoms with Gasteiger partial charge >= 0.3 is 6.03 Å². The summed E-state index contributed by atoms with van der Waals surface area (Å²) in [6, 6.07) is 4.42. The molecule has 0 atom stereocenters. The first-order chi connectivity index (χ1) is 12.2. The monoisotopic (exact) mass is 359 g/mol. The van der Waals surface area contributed by atoms with E-state index in [4.69, 9.17) is 0 Å². The first-order valence-electron chi connectivity index (χ1n) is 8.30. The minimum absolute atomic E-state index is 0.0613. The SMILES string of the molecule is O=C(N1CCCCC1)N(Cc1cnc[nH]1)c1nc2ccc(F)cc2s1. The third kappa shape index (κ3) is 3.34. The number of carbonyl (C=O) groups is 1. The fraction of sp³-hybridized carbons (Fsp3) is 0.353. The third-order valence-corrected chi connectivity index (χ3v) is 5.35. The van der Waals surface area contributed by atoms with Gasteiger partial charge in [-0.15, -0.1) is 0 Å². The van der Waals surface area contributed by atoms with E-state index in [1.807, 2.05) is 4.90 Å². The number of aromatic amines is 1. The zero-order valence-electron chi connectivity index (χ0n) is 13.6. The third-order valence-electron chi connectivity index (χ3n) is 4.31. The second-order valence-corrected chi connectivity index (χ2v) is 7.11. The van der Waals surface area contributed by atoms with Crippen LogP contribution in [0.15, 0.2) is 30.7 Å². The summed E-state index contributed by atoms with van der Waals surface area (Å²) in [4.78, 5) is 28.2. The molecule has 0 bridgehead atoms. The molecule has 2 aromatic heterocycles. The fourth-order valence-electron chi connectivity index (χ4n) is 3.02. The molecule has 1 fully saturated rings. The van der Waals surface area contributed by atoms with Gasteiger partial charge in [0.1, 0.15) is 5.82 Å². The zero-order valence-corrected chi connectivity index (χ0v) is 14.4. The second kappa shape index (κ2) is 6.79. The molecule has 2 amide bonds. The van der Waals surface area contributed by atoms with Crippen LogP contribution >= 0.6 is 11.3 Å². The Bertz CT molecular complexity index is 872. The molecule has 4 rings (SSSR count). The first kappa shape index (κ1) is 16.0. The second-order valence-electron chi connectivity index (χ2n) is 6.10. The number of nitrogens with one attached hydrogen (secondary N) is 1. The normalized spacial score (nSPS) is 14.8. The Hall–Kier alpha value is -2.48. The molecule has 0 unspecified atom stereocenters. The van der Waals surface area contributed by atoms with Gasteiger partial charge in [-0.3, -0.25) is 4.90 Å². The summed E-state index contributed by atoms with van der Waals surface area (Å²) >= 11 is 1.33. The molecule has 0 spiro atoms. The highest BCUT2D eigenvalue weighted by atomic mass is 32.1. The molecule has 8 heteroatoms. The number of likely N-dealkylation sites (tertiary alicyclic amines) is 1. The van der Waals surface area contributed by atoms with E-state index < -0.39 is 0 Å². The van der Waals surface area contributed by atoms with E-state index in [1.54, 1.807) is 23.5 Å². The summed E-state index contributed by atoms with van der Waals surface area (Å²) in [5.41, 5.74) is 1.53. The van der Waals surface area contributed by atoms with Crippen molar-refractivity contribution in [1.29, 1.82) is 0 Å². The van der Waals surface area contributed by atoms with Gasteiger partial charge in [0.05, 0.1) is 28.8 Å². The maximum atomic E-state index is 13.5. The molecule has 1 aliphatic heterocycles. The molecule has 25 heavy (non-hydrogen) atoms. The number of hydrogen-bond acceptors (Lipinski definition) is 4. The lowest BCUT2D eigenvalue weighted by Crippen LogP contribution is -2.45. The Morgan fingerprint density at radius 1 is 1.32 bits per heavy atom. The minimum Gasteiger partial charge on any atom is -0.347 e. The van der Waals surface area contributed by atoms with Crippen LogP contribution in [0, 0.1) is 5.82 Å². The average Bonchev–Trinajstić information content (AvgIpc) is 3.28. The lowest BCUT2D eigenvalue weighted by Gasteiger charge is -2.31. The lowest BCUT2D eigenvalue weighted by molar-refractivity contribution is 0.192. The standard InChI is InChI=1S/C17H18FN5OS/c18-12-4-5-14-15(8-12)25-16(21-14)23(10-13-9-19-11-20-13)17(24)22-6-2-1-3-7-22/h4-5,8-9,11H,1-3,6-7,10H2,(H,19,20). The van der Waals surface area contributed by atoms with E-state index in [2.05, 4.69) is 15.0 Å². The van der Waals surface area contributed by atoms with E-state index in [1.165, 1.54) is 23.5 Å². The van der Waals surface area contributed by atoms with Crippen LogP contribution in [0.2, 0.25) is 0 Å². The Morgan fingerprint density at radius 3 is 2.92 bits per heavy atom. The number of rotatable bonds is 3. The molecular formula is C17H18FN5OS. The number of amides is 2. The average molecular weight is 359 g/mol. The van der Waals surface area contributed by atoms with Crippen molar-refractivity contribution in [3.63, 3.8) is 0 Å². The number of thiazole rings is 1. The number of fused-ring (bicyclic) bond motifs is 1. The summed E-state index contributed by atoms with van der Waals surface area (Å²) in [5.74, 6) is -0.301. The van der Waals surface area contributed by atoms with Gasteiger partial charge in [0.25, 0.3) is 0 Å². The number of H-pyrrole nitrogens is 1. The van der Waals surface area contributed by atoms with E-state index >= 15 is 0 Å². The van der Waals surface area contributed by atoms with Crippen molar-refractivity contribution in [1.82, 2.24) is 19.9 Å². The number of piperidine rings is 1. The summed E-state index contributed by atoms with van der Waals surface area (Å²) in [6.45, 7) is 1.88. The van der Waals surface area contributed by atoms with Crippen molar-refractivity contribution in [2.75, 3.05) is 18.0 Å². The number of anilines is 1. The number of benzene rings is 1. The van der Waals surface area contributed by atoms with Crippen LogP contribution in [0.25, 0.3) is 10.2 Å². The number of nitrogens with zero attached hydrogens (tertiary/aromatic N) is 4. The number of halogens is 1. The Morgan fingerprint density at radius 2 is 2.16 bits per heavy atom. The van der Waals surface area contributed by atoms with Gasteiger partial charge in [-0.05, 0) is 37.5 Å². The molecule has 1 N–H and O–H groups in total. The molecule has 3 aromatic rings. The zero-order chi connectivity index (χ0) is 17.2. The largest absolute Gasteiger partial charge is 0.347 e. The molecule has 1 saturated heterocycles. The summed E-state index contributed by atoms with van der Waals surface area (Å²) in [5, 5.41) is 0.575. The number of urea groups is 1. The van der Waals surface area contributed by atoms with Crippen molar-refractivity contribution in [2.24, 2.45) is 0 Å². The Balaban J connectivity index is 1.68. The van der Waals surface area contributed by atoms with Gasteiger partial charge in [-0.25, -0.2) is 19.2 Å². The van der Waals surface area contributed by atoms with Crippen LogP contribution in [0.3, 0.4) is 0 Å². The van der Waals surface area contributed by atoms with E-state index in [9.17, 15) is 9.18 Å². The van der Waals surface area contributed by atoms with Crippen LogP contribution in [0.5, 0.6) is 0 Å². The maximum absolute atomic E-state index is 13.5. The van der Waals surface area contributed by atoms with Gasteiger partial charge in [-0.1, -0.05) is 11.3 Å². The molecule has 3 heterocycles. The maximum Gasteiger partial charge on any atom is 0.326 e. The summed E-state index contributed by atoms with van der Waals surface area (Å²) < 4.78 is 14.2. The highest BCUT2D eigenvalue weighted by Crippen LogP contribution is 2.31. The smallest absolute Gasteiger partial charge is 0.326 e. The quantitative estimate of drug-likeness (QED) is 0.774. The Labute approximate surface area is 148 Å². The van der Waals surface area contributed by atoms with Crippen molar-refractivity contribution in [2.45, 2.75) is 25.8 Å². The predicted octanol–water partition coefficient (Wildman–Crippen LogP) is 3.77. The molecule has 6 nitrogen and oxygen atoms in total.